The molecule has 140 valence electrons. The molecule has 1 saturated carbocycles. The Morgan fingerprint density at radius 3 is 2.46 bits per heavy atom. The number of hydrogen-bond acceptors (Lipinski definition) is 2. The van der Waals surface area contributed by atoms with E-state index in [0.717, 1.165) is 17.1 Å². The smallest absolute Gasteiger partial charge is 0.282 e. The minimum absolute atomic E-state index is 0.0713. The summed E-state index contributed by atoms with van der Waals surface area (Å²) in [5.74, 6) is -2.25. The summed E-state index contributed by atoms with van der Waals surface area (Å²) < 4.78 is 30.0. The van der Waals surface area contributed by atoms with Crippen LogP contribution in [0, 0.1) is 31.4 Å². The number of aromatic nitrogens is 1. The van der Waals surface area contributed by atoms with Crippen molar-refractivity contribution in [1.82, 2.24) is 4.57 Å². The summed E-state index contributed by atoms with van der Waals surface area (Å²) in [6, 6.07) is 2.70. The average Bonchev–Trinajstić information content (AvgIpc) is 3.31. The van der Waals surface area contributed by atoms with Crippen molar-refractivity contribution in [1.29, 1.82) is 0 Å². The fraction of sp³-hybridized carbons (Fsp3) is 0.500. The van der Waals surface area contributed by atoms with Crippen molar-refractivity contribution in [2.45, 2.75) is 59.4 Å². The van der Waals surface area contributed by atoms with Gasteiger partial charge in [-0.05, 0) is 49.7 Å². The maximum Gasteiger partial charge on any atom is 0.282 e. The Morgan fingerprint density at radius 1 is 1.23 bits per heavy atom. The summed E-state index contributed by atoms with van der Waals surface area (Å²) in [6.45, 7) is 10.7. The van der Waals surface area contributed by atoms with E-state index in [-0.39, 0.29) is 16.5 Å². The van der Waals surface area contributed by atoms with E-state index in [1.807, 2.05) is 6.92 Å². The molecule has 1 aliphatic carbocycles. The Hall–Kier alpha value is -1.82. The third-order valence-electron chi connectivity index (χ3n) is 4.68. The number of benzene rings is 1. The van der Waals surface area contributed by atoms with Crippen LogP contribution in [-0.4, -0.2) is 10.5 Å². The van der Waals surface area contributed by atoms with Gasteiger partial charge >= 0.3 is 0 Å². The second kappa shape index (κ2) is 6.72. The van der Waals surface area contributed by atoms with Crippen LogP contribution in [0.4, 0.5) is 8.78 Å². The Bertz CT molecular complexity index is 931. The lowest BCUT2D eigenvalue weighted by molar-refractivity contribution is 0.0993. The number of amides is 1. The Kier molecular flexibility index (Phi) is 4.90. The first-order chi connectivity index (χ1) is 12.1. The van der Waals surface area contributed by atoms with Gasteiger partial charge in [-0.15, -0.1) is 11.3 Å². The monoisotopic (exact) mass is 378 g/mol. The fourth-order valence-corrected chi connectivity index (χ4v) is 4.19. The first-order valence-electron chi connectivity index (χ1n) is 8.84. The molecule has 1 aromatic carbocycles. The van der Waals surface area contributed by atoms with Crippen molar-refractivity contribution in [3.63, 3.8) is 0 Å². The van der Waals surface area contributed by atoms with Gasteiger partial charge in [-0.2, -0.15) is 4.99 Å². The van der Waals surface area contributed by atoms with Crippen molar-refractivity contribution in [2.24, 2.45) is 10.9 Å². The van der Waals surface area contributed by atoms with Gasteiger partial charge in [0.1, 0.15) is 0 Å². The van der Waals surface area contributed by atoms with Crippen LogP contribution < -0.4 is 4.80 Å². The predicted octanol–water partition coefficient (Wildman–Crippen LogP) is 4.89. The van der Waals surface area contributed by atoms with Gasteiger partial charge in [0.05, 0.1) is 5.56 Å². The van der Waals surface area contributed by atoms with E-state index in [9.17, 15) is 13.6 Å². The molecule has 6 heteroatoms. The van der Waals surface area contributed by atoms with Gasteiger partial charge in [0, 0.05) is 17.1 Å². The van der Waals surface area contributed by atoms with E-state index in [4.69, 9.17) is 0 Å². The molecule has 0 N–H and O–H groups in total. The molecule has 26 heavy (non-hydrogen) atoms. The lowest BCUT2D eigenvalue weighted by Gasteiger charge is -2.17. The zero-order chi connectivity index (χ0) is 19.2. The third-order valence-corrected chi connectivity index (χ3v) is 6.29. The summed E-state index contributed by atoms with van der Waals surface area (Å²) in [7, 11) is 0. The summed E-state index contributed by atoms with van der Waals surface area (Å²) >= 11 is 1.46. The van der Waals surface area contributed by atoms with Crippen LogP contribution in [-0.2, 0) is 12.0 Å². The maximum atomic E-state index is 14.2. The Labute approximate surface area is 156 Å². The van der Waals surface area contributed by atoms with E-state index >= 15 is 0 Å². The van der Waals surface area contributed by atoms with Crippen LogP contribution in [0.1, 0.15) is 60.1 Å². The van der Waals surface area contributed by atoms with E-state index in [2.05, 4.69) is 30.3 Å². The number of carbonyl (C=O) groups excluding carboxylic acids is 1. The highest BCUT2D eigenvalue weighted by atomic mass is 32.1. The minimum atomic E-state index is -1.13. The molecule has 1 amide bonds. The summed E-state index contributed by atoms with van der Waals surface area (Å²) in [4.78, 5) is 18.4. The molecule has 2 aromatic rings. The van der Waals surface area contributed by atoms with Crippen LogP contribution in [0.15, 0.2) is 17.1 Å². The molecular weight excluding hydrogens is 354 g/mol. The molecule has 0 bridgehead atoms. The second-order valence-corrected chi connectivity index (χ2v) is 9.06. The van der Waals surface area contributed by atoms with Crippen LogP contribution in [0.5, 0.6) is 0 Å². The van der Waals surface area contributed by atoms with E-state index in [1.54, 1.807) is 0 Å². The third kappa shape index (κ3) is 3.65. The van der Waals surface area contributed by atoms with Crippen molar-refractivity contribution < 1.29 is 13.6 Å². The molecule has 0 atom stereocenters. The van der Waals surface area contributed by atoms with Crippen LogP contribution in [0.3, 0.4) is 0 Å². The topological polar surface area (TPSA) is 34.4 Å². The lowest BCUT2D eigenvalue weighted by Crippen LogP contribution is -2.20. The van der Waals surface area contributed by atoms with Crippen LogP contribution in [0.2, 0.25) is 0 Å². The molecule has 0 saturated heterocycles. The fourth-order valence-electron chi connectivity index (χ4n) is 3.00. The number of hydrogen-bond donors (Lipinski definition) is 0. The molecule has 1 aliphatic rings. The Morgan fingerprint density at radius 2 is 1.88 bits per heavy atom. The Balaban J connectivity index is 2.10. The van der Waals surface area contributed by atoms with Crippen LogP contribution >= 0.6 is 11.3 Å². The standard InChI is InChI=1S/C20H24F2N2OS/c1-11-6-9-14(16(22)15(11)21)18(25)23-19-24(10-13-7-8-13)12(2)17(26-19)20(3,4)5/h6,9,13H,7-8,10H2,1-5H3. The summed E-state index contributed by atoms with van der Waals surface area (Å²) in [5, 5.41) is 0. The molecule has 0 spiro atoms. The summed E-state index contributed by atoms with van der Waals surface area (Å²) in [6.07, 6.45) is 2.36. The number of thiazole rings is 1. The molecule has 1 heterocycles. The number of nitrogens with zero attached hydrogens (tertiary/aromatic N) is 2. The van der Waals surface area contributed by atoms with E-state index in [0.29, 0.717) is 10.7 Å². The first kappa shape index (κ1) is 19.0. The molecule has 3 rings (SSSR count). The average molecular weight is 378 g/mol. The van der Waals surface area contributed by atoms with Gasteiger partial charge in [0.25, 0.3) is 5.91 Å². The van der Waals surface area contributed by atoms with Gasteiger partial charge < -0.3 is 4.57 Å². The highest BCUT2D eigenvalue weighted by Crippen LogP contribution is 2.33. The summed E-state index contributed by atoms with van der Waals surface area (Å²) in [5.41, 5.74) is 0.869. The largest absolute Gasteiger partial charge is 0.320 e. The maximum absolute atomic E-state index is 14.2. The molecule has 0 radical (unpaired) electrons. The van der Waals surface area contributed by atoms with Gasteiger partial charge in [0.2, 0.25) is 0 Å². The zero-order valence-corrected chi connectivity index (χ0v) is 16.6. The molecule has 0 aliphatic heterocycles. The highest BCUT2D eigenvalue weighted by Gasteiger charge is 2.27. The minimum Gasteiger partial charge on any atom is -0.320 e. The molecule has 1 fully saturated rings. The SMILES string of the molecule is Cc1ccc(C(=O)N=c2sc(C(C)(C)C)c(C)n2CC2CC2)c(F)c1F. The van der Waals surface area contributed by atoms with Gasteiger partial charge in [0.15, 0.2) is 16.4 Å². The number of carbonyl (C=O) groups is 1. The second-order valence-electron chi connectivity index (χ2n) is 8.08. The van der Waals surface area contributed by atoms with E-state index in [1.165, 1.54) is 43.2 Å². The number of aryl methyl sites for hydroxylation is 1. The lowest BCUT2D eigenvalue weighted by atomic mass is 9.93. The number of rotatable bonds is 3. The molecule has 3 nitrogen and oxygen atoms in total. The predicted molar refractivity (Wildman–Crippen MR) is 99.5 cm³/mol. The highest BCUT2D eigenvalue weighted by molar-refractivity contribution is 7.09. The van der Waals surface area contributed by atoms with Gasteiger partial charge in [-0.3, -0.25) is 4.79 Å². The molecule has 1 aromatic heterocycles. The van der Waals surface area contributed by atoms with Gasteiger partial charge in [-0.1, -0.05) is 26.8 Å². The van der Waals surface area contributed by atoms with Crippen molar-refractivity contribution >= 4 is 17.2 Å². The number of halogens is 2. The molecule has 0 unspecified atom stereocenters. The zero-order valence-electron chi connectivity index (χ0n) is 15.8. The quantitative estimate of drug-likeness (QED) is 0.748. The van der Waals surface area contributed by atoms with Crippen molar-refractivity contribution in [3.8, 4) is 0 Å². The molecular formula is C20H24F2N2OS. The van der Waals surface area contributed by atoms with Crippen LogP contribution in [0.25, 0.3) is 0 Å². The van der Waals surface area contributed by atoms with Crippen molar-refractivity contribution in [2.75, 3.05) is 0 Å². The van der Waals surface area contributed by atoms with Crippen molar-refractivity contribution in [3.05, 3.63) is 50.3 Å². The van der Waals surface area contributed by atoms with E-state index < -0.39 is 17.5 Å². The first-order valence-corrected chi connectivity index (χ1v) is 9.65. The van der Waals surface area contributed by atoms with Gasteiger partial charge in [-0.25, -0.2) is 8.78 Å². The normalized spacial score (nSPS) is 15.6.